The number of carboxylic acids is 1. The zero-order chi connectivity index (χ0) is 11.4. The fourth-order valence-electron chi connectivity index (χ4n) is 1.23. The molecule has 0 atom stereocenters. The standard InChI is InChI=1S/C11H15NO3/c1-7(2)12-6-8-3-4-9(13)5-10(8)11(14)15/h3-5,7,12-13H,6H2,1-2H3,(H,14,15). The van der Waals surface area contributed by atoms with Crippen molar-refractivity contribution in [1.29, 1.82) is 0 Å². The Labute approximate surface area is 88.6 Å². The summed E-state index contributed by atoms with van der Waals surface area (Å²) >= 11 is 0. The zero-order valence-electron chi connectivity index (χ0n) is 8.82. The smallest absolute Gasteiger partial charge is 0.336 e. The summed E-state index contributed by atoms with van der Waals surface area (Å²) in [6.45, 7) is 4.46. The van der Waals surface area contributed by atoms with Crippen molar-refractivity contribution in [2.24, 2.45) is 0 Å². The summed E-state index contributed by atoms with van der Waals surface area (Å²) in [6.07, 6.45) is 0. The van der Waals surface area contributed by atoms with E-state index in [9.17, 15) is 9.90 Å². The largest absolute Gasteiger partial charge is 0.508 e. The van der Waals surface area contributed by atoms with Gasteiger partial charge in [0.1, 0.15) is 5.75 Å². The fourth-order valence-corrected chi connectivity index (χ4v) is 1.23. The van der Waals surface area contributed by atoms with E-state index in [-0.39, 0.29) is 11.3 Å². The van der Waals surface area contributed by atoms with Gasteiger partial charge in [-0.15, -0.1) is 0 Å². The van der Waals surface area contributed by atoms with Crippen molar-refractivity contribution in [2.75, 3.05) is 0 Å². The molecule has 1 rings (SSSR count). The maximum Gasteiger partial charge on any atom is 0.336 e. The summed E-state index contributed by atoms with van der Waals surface area (Å²) in [7, 11) is 0. The predicted octanol–water partition coefficient (Wildman–Crippen LogP) is 1.59. The first-order valence-corrected chi connectivity index (χ1v) is 4.79. The van der Waals surface area contributed by atoms with E-state index in [1.807, 2.05) is 13.8 Å². The number of hydrogen-bond acceptors (Lipinski definition) is 3. The van der Waals surface area contributed by atoms with Gasteiger partial charge in [-0.25, -0.2) is 4.79 Å². The van der Waals surface area contributed by atoms with Crippen LogP contribution >= 0.6 is 0 Å². The molecule has 3 N–H and O–H groups in total. The SMILES string of the molecule is CC(C)NCc1ccc(O)cc1C(=O)O. The molecule has 4 nitrogen and oxygen atoms in total. The molecule has 0 saturated heterocycles. The van der Waals surface area contributed by atoms with Gasteiger partial charge in [-0.3, -0.25) is 0 Å². The highest BCUT2D eigenvalue weighted by Gasteiger charge is 2.10. The summed E-state index contributed by atoms with van der Waals surface area (Å²) in [5.41, 5.74) is 0.817. The molecule has 0 bridgehead atoms. The topological polar surface area (TPSA) is 69.6 Å². The Morgan fingerprint density at radius 3 is 2.67 bits per heavy atom. The monoisotopic (exact) mass is 209 g/mol. The average molecular weight is 209 g/mol. The first kappa shape index (κ1) is 11.5. The first-order chi connectivity index (χ1) is 7.00. The van der Waals surface area contributed by atoms with Crippen LogP contribution in [0.5, 0.6) is 5.75 Å². The molecule has 15 heavy (non-hydrogen) atoms. The van der Waals surface area contributed by atoms with Gasteiger partial charge in [-0.05, 0) is 17.7 Å². The van der Waals surface area contributed by atoms with Crippen molar-refractivity contribution in [2.45, 2.75) is 26.4 Å². The van der Waals surface area contributed by atoms with E-state index in [2.05, 4.69) is 5.32 Å². The van der Waals surface area contributed by atoms with E-state index in [0.29, 0.717) is 18.2 Å². The molecule has 0 saturated carbocycles. The normalized spacial score (nSPS) is 10.6. The Morgan fingerprint density at radius 2 is 2.13 bits per heavy atom. The number of carboxylic acid groups (broad SMARTS) is 1. The number of phenols is 1. The molecule has 0 amide bonds. The van der Waals surface area contributed by atoms with Crippen LogP contribution in [0.15, 0.2) is 18.2 Å². The quantitative estimate of drug-likeness (QED) is 0.704. The number of nitrogens with one attached hydrogen (secondary N) is 1. The lowest BCUT2D eigenvalue weighted by atomic mass is 10.1. The number of rotatable bonds is 4. The Kier molecular flexibility index (Phi) is 3.68. The second kappa shape index (κ2) is 4.79. The predicted molar refractivity (Wildman–Crippen MR) is 57.0 cm³/mol. The van der Waals surface area contributed by atoms with Gasteiger partial charge in [0, 0.05) is 12.6 Å². The zero-order valence-corrected chi connectivity index (χ0v) is 8.82. The maximum atomic E-state index is 10.9. The molecule has 0 aliphatic carbocycles. The third-order valence-electron chi connectivity index (χ3n) is 2.02. The summed E-state index contributed by atoms with van der Waals surface area (Å²) in [5.74, 6) is -1.05. The molecule has 4 heteroatoms. The van der Waals surface area contributed by atoms with Crippen molar-refractivity contribution in [3.63, 3.8) is 0 Å². The minimum absolute atomic E-state index is 0.0271. The van der Waals surface area contributed by atoms with Crippen molar-refractivity contribution < 1.29 is 15.0 Å². The second-order valence-electron chi connectivity index (χ2n) is 3.68. The lowest BCUT2D eigenvalue weighted by molar-refractivity contribution is 0.0695. The molecule has 0 unspecified atom stereocenters. The third-order valence-corrected chi connectivity index (χ3v) is 2.02. The number of benzene rings is 1. The fraction of sp³-hybridized carbons (Fsp3) is 0.364. The molecule has 1 aromatic carbocycles. The van der Waals surface area contributed by atoms with Gasteiger partial charge in [-0.1, -0.05) is 19.9 Å². The van der Waals surface area contributed by atoms with E-state index >= 15 is 0 Å². The second-order valence-corrected chi connectivity index (χ2v) is 3.68. The van der Waals surface area contributed by atoms with Gasteiger partial charge in [0.15, 0.2) is 0 Å². The van der Waals surface area contributed by atoms with Crippen molar-refractivity contribution in [1.82, 2.24) is 5.32 Å². The van der Waals surface area contributed by atoms with Gasteiger partial charge in [0.05, 0.1) is 5.56 Å². The Hall–Kier alpha value is -1.55. The van der Waals surface area contributed by atoms with Crippen LogP contribution in [0.1, 0.15) is 29.8 Å². The summed E-state index contributed by atoms with van der Waals surface area (Å²) in [4.78, 5) is 10.9. The Morgan fingerprint density at radius 1 is 1.47 bits per heavy atom. The van der Waals surface area contributed by atoms with E-state index in [4.69, 9.17) is 5.11 Å². The molecular formula is C11H15NO3. The van der Waals surface area contributed by atoms with Gasteiger partial charge in [-0.2, -0.15) is 0 Å². The molecule has 0 aliphatic heterocycles. The third kappa shape index (κ3) is 3.25. The Bertz CT molecular complexity index is 361. The van der Waals surface area contributed by atoms with E-state index in [0.717, 1.165) is 0 Å². The van der Waals surface area contributed by atoms with Crippen LogP contribution in [-0.4, -0.2) is 22.2 Å². The van der Waals surface area contributed by atoms with E-state index < -0.39 is 5.97 Å². The molecule has 82 valence electrons. The van der Waals surface area contributed by atoms with Crippen LogP contribution in [0, 0.1) is 0 Å². The maximum absolute atomic E-state index is 10.9. The molecular weight excluding hydrogens is 194 g/mol. The number of aromatic carboxylic acids is 1. The van der Waals surface area contributed by atoms with Crippen LogP contribution in [0.2, 0.25) is 0 Å². The van der Waals surface area contributed by atoms with Crippen LogP contribution < -0.4 is 5.32 Å². The molecule has 0 spiro atoms. The minimum atomic E-state index is -1.02. The number of aromatic hydroxyl groups is 1. The lowest BCUT2D eigenvalue weighted by Crippen LogP contribution is -2.23. The summed E-state index contributed by atoms with van der Waals surface area (Å²) < 4.78 is 0. The molecule has 0 aromatic heterocycles. The van der Waals surface area contributed by atoms with Crippen LogP contribution in [0.4, 0.5) is 0 Å². The first-order valence-electron chi connectivity index (χ1n) is 4.79. The van der Waals surface area contributed by atoms with Gasteiger partial charge >= 0.3 is 5.97 Å². The molecule has 0 radical (unpaired) electrons. The molecule has 0 heterocycles. The van der Waals surface area contributed by atoms with Crippen molar-refractivity contribution >= 4 is 5.97 Å². The highest BCUT2D eigenvalue weighted by atomic mass is 16.4. The van der Waals surface area contributed by atoms with Gasteiger partial charge < -0.3 is 15.5 Å². The van der Waals surface area contributed by atoms with Gasteiger partial charge in [0.25, 0.3) is 0 Å². The highest BCUT2D eigenvalue weighted by Crippen LogP contribution is 2.16. The Balaban J connectivity index is 2.91. The van der Waals surface area contributed by atoms with Gasteiger partial charge in [0.2, 0.25) is 0 Å². The molecule has 1 aromatic rings. The van der Waals surface area contributed by atoms with E-state index in [1.54, 1.807) is 6.07 Å². The van der Waals surface area contributed by atoms with Crippen molar-refractivity contribution in [3.05, 3.63) is 29.3 Å². The van der Waals surface area contributed by atoms with Crippen LogP contribution in [0.3, 0.4) is 0 Å². The number of carbonyl (C=O) groups is 1. The average Bonchev–Trinajstić information content (AvgIpc) is 2.15. The summed E-state index contributed by atoms with van der Waals surface area (Å²) in [6, 6.07) is 4.66. The van der Waals surface area contributed by atoms with E-state index in [1.165, 1.54) is 12.1 Å². The van der Waals surface area contributed by atoms with Crippen LogP contribution in [-0.2, 0) is 6.54 Å². The highest BCUT2D eigenvalue weighted by molar-refractivity contribution is 5.89. The minimum Gasteiger partial charge on any atom is -0.508 e. The number of phenolic OH excluding ortho intramolecular Hbond substituents is 1. The lowest BCUT2D eigenvalue weighted by Gasteiger charge is -2.10. The van der Waals surface area contributed by atoms with Crippen molar-refractivity contribution in [3.8, 4) is 5.75 Å². The number of hydrogen-bond donors (Lipinski definition) is 3. The van der Waals surface area contributed by atoms with Crippen LogP contribution in [0.25, 0.3) is 0 Å². The summed E-state index contributed by atoms with van der Waals surface area (Å²) in [5, 5.41) is 21.2. The molecule has 0 aliphatic rings. The molecule has 0 fully saturated rings.